The van der Waals surface area contributed by atoms with Crippen molar-refractivity contribution in [2.24, 2.45) is 16.2 Å². The van der Waals surface area contributed by atoms with Gasteiger partial charge >= 0.3 is 35.8 Å². The summed E-state index contributed by atoms with van der Waals surface area (Å²) < 4.78 is 168. The molecule has 0 atom stereocenters. The van der Waals surface area contributed by atoms with E-state index in [9.17, 15) is 57.1 Å². The number of hydrogen-bond acceptors (Lipinski definition) is 3. The summed E-state index contributed by atoms with van der Waals surface area (Å²) in [6.45, 7) is 0. The zero-order valence-corrected chi connectivity index (χ0v) is 16.1. The van der Waals surface area contributed by atoms with E-state index in [1.165, 1.54) is 0 Å². The van der Waals surface area contributed by atoms with Crippen LogP contribution in [0.3, 0.4) is 0 Å². The van der Waals surface area contributed by atoms with Gasteiger partial charge in [0.15, 0.2) is 0 Å². The van der Waals surface area contributed by atoms with Crippen LogP contribution in [-0.2, 0) is 0 Å². The molecule has 0 saturated carbocycles. The lowest BCUT2D eigenvalue weighted by Crippen LogP contribution is -2.70. The third kappa shape index (κ3) is 5.91. The Bertz CT molecular complexity index is 557. The first kappa shape index (κ1) is 29.2. The third-order valence-electron chi connectivity index (χ3n) is 4.10. The van der Waals surface area contributed by atoms with Crippen molar-refractivity contribution >= 4 is 8.56 Å². The molecule has 0 radical (unpaired) electrons. The number of unbranched alkanes of at least 4 members (excludes halogenated alkanes) is 4. The minimum Gasteiger partial charge on any atom is -0.327 e. The first-order chi connectivity index (χ1) is 13.0. The lowest BCUT2D eigenvalue weighted by atomic mass is 9.91. The van der Waals surface area contributed by atoms with Crippen molar-refractivity contribution in [1.82, 2.24) is 0 Å². The van der Waals surface area contributed by atoms with Crippen molar-refractivity contribution in [3.63, 3.8) is 0 Å². The van der Waals surface area contributed by atoms with Crippen LogP contribution in [0.4, 0.5) is 57.1 Å². The molecule has 0 aliphatic carbocycles. The minimum absolute atomic E-state index is 0.0742. The van der Waals surface area contributed by atoms with Gasteiger partial charge < -0.3 is 16.2 Å². The lowest BCUT2D eigenvalue weighted by Gasteiger charge is -2.39. The Hall–Kier alpha value is -0.813. The van der Waals surface area contributed by atoms with Gasteiger partial charge in [-0.3, -0.25) is 0 Å². The van der Waals surface area contributed by atoms with Crippen molar-refractivity contribution < 1.29 is 57.1 Å². The predicted octanol–water partition coefficient (Wildman–Crippen LogP) is 4.88. The maximum Gasteiger partial charge on any atom is 0.460 e. The molecule has 0 aromatic carbocycles. The quantitative estimate of drug-likeness (QED) is 0.206. The molecule has 0 aliphatic heterocycles. The Kier molecular flexibility index (Phi) is 8.73. The Balaban J connectivity index is 5.20. The van der Waals surface area contributed by atoms with Crippen molar-refractivity contribution in [2.45, 2.75) is 80.4 Å². The highest BCUT2D eigenvalue weighted by atomic mass is 28.4. The van der Waals surface area contributed by atoms with E-state index in [2.05, 4.69) is 0 Å². The van der Waals surface area contributed by atoms with E-state index in [0.29, 0.717) is 6.42 Å². The molecule has 0 unspecified atom stereocenters. The molecule has 0 aliphatic rings. The van der Waals surface area contributed by atoms with E-state index in [4.69, 9.17) is 16.2 Å². The van der Waals surface area contributed by atoms with E-state index < -0.39 is 57.2 Å². The number of alkyl halides is 13. The SMILES string of the molecule is N[Si](N)(N)CCCCCCCC(F)(F)C(F)(F)C(F)(F)C(F)(F)C(F)(F)C(F)(F)F. The summed E-state index contributed by atoms with van der Waals surface area (Å²) in [7, 11) is -2.86. The second-order valence-electron chi connectivity index (χ2n) is 6.88. The van der Waals surface area contributed by atoms with Crippen LogP contribution in [0.2, 0.25) is 6.04 Å². The van der Waals surface area contributed by atoms with Gasteiger partial charge in [-0.1, -0.05) is 25.7 Å². The molecule has 0 spiro atoms. The van der Waals surface area contributed by atoms with Gasteiger partial charge in [0.05, 0.1) is 0 Å². The maximum atomic E-state index is 13.5. The number of rotatable bonds is 12. The van der Waals surface area contributed by atoms with Crippen LogP contribution >= 0.6 is 0 Å². The van der Waals surface area contributed by atoms with Crippen LogP contribution < -0.4 is 16.2 Å². The predicted molar refractivity (Wildman–Crippen MR) is 81.6 cm³/mol. The highest BCUT2D eigenvalue weighted by Gasteiger charge is 2.90. The van der Waals surface area contributed by atoms with Gasteiger partial charge in [-0.25, -0.2) is 0 Å². The fourth-order valence-corrected chi connectivity index (χ4v) is 3.13. The molecule has 0 saturated heterocycles. The molecule has 30 heavy (non-hydrogen) atoms. The Morgan fingerprint density at radius 1 is 0.467 bits per heavy atom. The van der Waals surface area contributed by atoms with Crippen LogP contribution in [0.1, 0.15) is 38.5 Å². The van der Waals surface area contributed by atoms with Gasteiger partial charge in [-0.05, 0) is 12.5 Å². The molecule has 182 valence electrons. The molecular weight excluding hydrogens is 473 g/mol. The average molecular weight is 493 g/mol. The fraction of sp³-hybridized carbons (Fsp3) is 1.00. The lowest BCUT2D eigenvalue weighted by molar-refractivity contribution is -0.440. The maximum absolute atomic E-state index is 13.5. The Morgan fingerprint density at radius 3 is 1.23 bits per heavy atom. The average Bonchev–Trinajstić information content (AvgIpc) is 2.50. The molecule has 0 aromatic rings. The van der Waals surface area contributed by atoms with E-state index >= 15 is 0 Å². The van der Waals surface area contributed by atoms with Crippen LogP contribution in [-0.4, -0.2) is 44.3 Å². The van der Waals surface area contributed by atoms with Crippen molar-refractivity contribution in [2.75, 3.05) is 0 Å². The standard InChI is InChI=1S/C13H20F13N3Si/c14-8(15,6-4-2-1-3-5-7-30(27,28)29)9(16,17)10(18,19)11(20,21)12(22,23)13(24,25)26/h1-7,27-29H2. The fourth-order valence-electron chi connectivity index (χ4n) is 2.27. The zero-order chi connectivity index (χ0) is 24.4. The Morgan fingerprint density at radius 2 is 0.833 bits per heavy atom. The Labute approximate surface area is 163 Å². The monoisotopic (exact) mass is 493 g/mol. The number of nitrogens with two attached hydrogens (primary N) is 3. The van der Waals surface area contributed by atoms with E-state index in [1.54, 1.807) is 0 Å². The van der Waals surface area contributed by atoms with Crippen LogP contribution in [0.5, 0.6) is 0 Å². The first-order valence-corrected chi connectivity index (χ1v) is 10.7. The molecule has 0 bridgehead atoms. The third-order valence-corrected chi connectivity index (χ3v) is 5.32. The highest BCUT2D eigenvalue weighted by molar-refractivity contribution is 6.70. The van der Waals surface area contributed by atoms with Crippen LogP contribution in [0.15, 0.2) is 0 Å². The molecule has 0 fully saturated rings. The summed E-state index contributed by atoms with van der Waals surface area (Å²) in [6, 6.07) is 0.218. The summed E-state index contributed by atoms with van der Waals surface area (Å²) in [5, 5.41) is 16.1. The summed E-state index contributed by atoms with van der Waals surface area (Å²) in [5.74, 6) is -36.5. The summed E-state index contributed by atoms with van der Waals surface area (Å²) in [5.41, 5.74) is 0. The van der Waals surface area contributed by atoms with Crippen molar-refractivity contribution in [1.29, 1.82) is 0 Å². The van der Waals surface area contributed by atoms with Crippen molar-refractivity contribution in [3.05, 3.63) is 0 Å². The summed E-state index contributed by atoms with van der Waals surface area (Å²) in [4.78, 5) is 0. The topological polar surface area (TPSA) is 78.1 Å². The first-order valence-electron chi connectivity index (χ1n) is 8.28. The van der Waals surface area contributed by atoms with E-state index in [1.807, 2.05) is 0 Å². The summed E-state index contributed by atoms with van der Waals surface area (Å²) in [6.07, 6.45) is -10.1. The van der Waals surface area contributed by atoms with E-state index in [0.717, 1.165) is 0 Å². The molecule has 3 nitrogen and oxygen atoms in total. The molecule has 17 heteroatoms. The zero-order valence-electron chi connectivity index (χ0n) is 15.1. The number of halogens is 13. The minimum atomic E-state index is -7.85. The van der Waals surface area contributed by atoms with Gasteiger partial charge in [-0.2, -0.15) is 57.1 Å². The highest BCUT2D eigenvalue weighted by Crippen LogP contribution is 2.60. The smallest absolute Gasteiger partial charge is 0.327 e. The second-order valence-corrected chi connectivity index (χ2v) is 9.60. The molecule has 6 N–H and O–H groups in total. The van der Waals surface area contributed by atoms with Crippen LogP contribution in [0, 0.1) is 0 Å². The largest absolute Gasteiger partial charge is 0.460 e. The van der Waals surface area contributed by atoms with Gasteiger partial charge in [0.25, 0.3) is 8.56 Å². The van der Waals surface area contributed by atoms with Gasteiger partial charge in [0, 0.05) is 6.42 Å². The molecule has 0 rings (SSSR count). The molecular formula is C13H20F13N3Si. The van der Waals surface area contributed by atoms with E-state index in [-0.39, 0.29) is 25.3 Å². The summed E-state index contributed by atoms with van der Waals surface area (Å²) >= 11 is 0. The molecule has 0 amide bonds. The normalized spacial score (nSPS) is 15.6. The van der Waals surface area contributed by atoms with Gasteiger partial charge in [0.1, 0.15) is 0 Å². The molecule has 0 heterocycles. The van der Waals surface area contributed by atoms with Crippen molar-refractivity contribution in [3.8, 4) is 0 Å². The molecule has 0 aromatic heterocycles. The number of hydrogen-bond donors (Lipinski definition) is 3. The van der Waals surface area contributed by atoms with Gasteiger partial charge in [0.2, 0.25) is 0 Å². The second kappa shape index (κ2) is 8.97. The van der Waals surface area contributed by atoms with Crippen LogP contribution in [0.25, 0.3) is 0 Å². The van der Waals surface area contributed by atoms with Gasteiger partial charge in [-0.15, -0.1) is 0 Å².